The van der Waals surface area contributed by atoms with Gasteiger partial charge in [-0.3, -0.25) is 0 Å². The maximum atomic E-state index is 11.9. The van der Waals surface area contributed by atoms with Gasteiger partial charge in [0.25, 0.3) is 0 Å². The summed E-state index contributed by atoms with van der Waals surface area (Å²) >= 11 is 3.39. The van der Waals surface area contributed by atoms with Crippen LogP contribution in [0.5, 0.6) is 0 Å². The summed E-state index contributed by atoms with van der Waals surface area (Å²) in [6.07, 6.45) is 1.43. The number of halogens is 1. The molecule has 1 aromatic carbocycles. The zero-order valence-electron chi connectivity index (χ0n) is 9.94. The molecule has 0 saturated heterocycles. The molecule has 0 fully saturated rings. The number of benzene rings is 1. The van der Waals surface area contributed by atoms with Gasteiger partial charge in [0.1, 0.15) is 6.33 Å². The van der Waals surface area contributed by atoms with Gasteiger partial charge in [-0.15, -0.1) is 0 Å². The van der Waals surface area contributed by atoms with E-state index in [4.69, 9.17) is 5.73 Å². The van der Waals surface area contributed by atoms with Crippen LogP contribution in [0.15, 0.2) is 27.7 Å². The van der Waals surface area contributed by atoms with E-state index in [-0.39, 0.29) is 0 Å². The molecule has 0 amide bonds. The van der Waals surface area contributed by atoms with Crippen molar-refractivity contribution in [3.63, 3.8) is 0 Å². The minimum atomic E-state index is -0.400. The van der Waals surface area contributed by atoms with Crippen molar-refractivity contribution in [2.75, 3.05) is 18.1 Å². The van der Waals surface area contributed by atoms with E-state index in [1.54, 1.807) is 19.2 Å². The number of aryl methyl sites for hydroxylation is 1. The van der Waals surface area contributed by atoms with Crippen LogP contribution in [0, 0.1) is 6.92 Å². The molecule has 2 rings (SSSR count). The lowest BCUT2D eigenvalue weighted by Gasteiger charge is -2.11. The summed E-state index contributed by atoms with van der Waals surface area (Å²) < 4.78 is 2.10. The van der Waals surface area contributed by atoms with Crippen LogP contribution in [-0.4, -0.2) is 21.6 Å². The molecule has 7 heteroatoms. The Balaban J connectivity index is 2.66. The molecule has 1 aromatic heterocycles. The van der Waals surface area contributed by atoms with Crippen LogP contribution < -0.4 is 16.7 Å². The molecule has 0 bridgehead atoms. The minimum Gasteiger partial charge on any atom is -0.399 e. The third-order valence-corrected chi connectivity index (χ3v) is 3.05. The maximum absolute atomic E-state index is 11.9. The Morgan fingerprint density at radius 1 is 1.44 bits per heavy atom. The molecule has 18 heavy (non-hydrogen) atoms. The topological polar surface area (TPSA) is 85.8 Å². The summed E-state index contributed by atoms with van der Waals surface area (Å²) in [6.45, 7) is 1.87. The van der Waals surface area contributed by atoms with Crippen molar-refractivity contribution in [1.29, 1.82) is 0 Å². The van der Waals surface area contributed by atoms with Crippen LogP contribution in [0.1, 0.15) is 5.56 Å². The number of hydrogen-bond donors (Lipinski definition) is 2. The lowest BCUT2D eigenvalue weighted by atomic mass is 10.2. The van der Waals surface area contributed by atoms with Crippen LogP contribution in [0.2, 0.25) is 0 Å². The number of nitrogens with two attached hydrogens (primary N) is 1. The van der Waals surface area contributed by atoms with Crippen LogP contribution in [0.3, 0.4) is 0 Å². The predicted octanol–water partition coefficient (Wildman–Crippen LogP) is 1.32. The molecular weight excluding hydrogens is 298 g/mol. The average Bonchev–Trinajstić information content (AvgIpc) is 2.29. The van der Waals surface area contributed by atoms with Crippen LogP contribution >= 0.6 is 15.9 Å². The van der Waals surface area contributed by atoms with Crippen molar-refractivity contribution < 1.29 is 0 Å². The smallest absolute Gasteiger partial charge is 0.356 e. The van der Waals surface area contributed by atoms with Gasteiger partial charge in [0.15, 0.2) is 0 Å². The van der Waals surface area contributed by atoms with Gasteiger partial charge in [-0.05, 0) is 40.5 Å². The van der Waals surface area contributed by atoms with Crippen LogP contribution in [0.4, 0.5) is 11.6 Å². The van der Waals surface area contributed by atoms with Crippen LogP contribution in [-0.2, 0) is 0 Å². The fraction of sp³-hybridized carbons (Fsp3) is 0.182. The maximum Gasteiger partial charge on any atom is 0.356 e. The van der Waals surface area contributed by atoms with Gasteiger partial charge >= 0.3 is 5.69 Å². The Kier molecular flexibility index (Phi) is 3.33. The number of nitrogen functional groups attached to an aromatic ring is 1. The van der Waals surface area contributed by atoms with Gasteiger partial charge in [-0.25, -0.2) is 14.3 Å². The predicted molar refractivity (Wildman–Crippen MR) is 74.0 cm³/mol. The highest BCUT2D eigenvalue weighted by Gasteiger charge is 2.10. The molecular formula is C11H12BrN5O. The summed E-state index contributed by atoms with van der Waals surface area (Å²) in [5.74, 6) is 0.292. The van der Waals surface area contributed by atoms with Crippen molar-refractivity contribution in [1.82, 2.24) is 14.5 Å². The molecule has 3 N–H and O–H groups in total. The van der Waals surface area contributed by atoms with Gasteiger partial charge in [0.05, 0.1) is 5.69 Å². The van der Waals surface area contributed by atoms with E-state index >= 15 is 0 Å². The molecule has 0 spiro atoms. The summed E-state index contributed by atoms with van der Waals surface area (Å²) in [4.78, 5) is 19.7. The van der Waals surface area contributed by atoms with Gasteiger partial charge < -0.3 is 11.1 Å². The molecule has 2 aromatic rings. The van der Waals surface area contributed by atoms with Gasteiger partial charge in [-0.1, -0.05) is 0 Å². The monoisotopic (exact) mass is 309 g/mol. The first kappa shape index (κ1) is 12.6. The van der Waals surface area contributed by atoms with E-state index in [0.717, 1.165) is 10.0 Å². The van der Waals surface area contributed by atoms with E-state index in [2.05, 4.69) is 31.2 Å². The molecule has 0 radical (unpaired) electrons. The van der Waals surface area contributed by atoms with E-state index in [9.17, 15) is 4.79 Å². The summed E-state index contributed by atoms with van der Waals surface area (Å²) in [6, 6.07) is 3.53. The molecule has 0 unspecified atom stereocenters. The first-order chi connectivity index (χ1) is 8.52. The van der Waals surface area contributed by atoms with E-state index in [1.165, 1.54) is 10.9 Å². The fourth-order valence-electron chi connectivity index (χ4n) is 1.68. The first-order valence-corrected chi connectivity index (χ1v) is 6.01. The third kappa shape index (κ3) is 2.21. The normalized spacial score (nSPS) is 10.4. The molecule has 0 saturated carbocycles. The Bertz CT molecular complexity index is 629. The fourth-order valence-corrected chi connectivity index (χ4v) is 2.45. The highest BCUT2D eigenvalue weighted by molar-refractivity contribution is 9.10. The highest BCUT2D eigenvalue weighted by Crippen LogP contribution is 2.26. The Hall–Kier alpha value is -1.89. The molecule has 6 nitrogen and oxygen atoms in total. The molecule has 0 aliphatic heterocycles. The average molecular weight is 310 g/mol. The second-order valence-corrected chi connectivity index (χ2v) is 4.61. The number of nitrogens with one attached hydrogen (secondary N) is 1. The van der Waals surface area contributed by atoms with Crippen molar-refractivity contribution in [3.8, 4) is 5.69 Å². The van der Waals surface area contributed by atoms with E-state index in [1.807, 2.05) is 6.92 Å². The molecule has 0 aliphatic carbocycles. The SMILES string of the molecule is CNc1ncn(-c2c(C)cc(N)cc2Br)c(=O)n1. The largest absolute Gasteiger partial charge is 0.399 e. The lowest BCUT2D eigenvalue weighted by Crippen LogP contribution is -2.24. The molecule has 94 valence electrons. The molecule has 0 aliphatic rings. The van der Waals surface area contributed by atoms with Crippen molar-refractivity contribution in [3.05, 3.63) is 39.0 Å². The minimum absolute atomic E-state index is 0.292. The number of aromatic nitrogens is 3. The Labute approximate surface area is 112 Å². The van der Waals surface area contributed by atoms with Gasteiger partial charge in [-0.2, -0.15) is 4.98 Å². The van der Waals surface area contributed by atoms with Crippen LogP contribution in [0.25, 0.3) is 5.69 Å². The zero-order chi connectivity index (χ0) is 13.3. The number of rotatable bonds is 2. The lowest BCUT2D eigenvalue weighted by molar-refractivity contribution is 0.854. The number of anilines is 2. The summed E-state index contributed by atoms with van der Waals surface area (Å²) in [5.41, 5.74) is 7.52. The first-order valence-electron chi connectivity index (χ1n) is 5.22. The number of hydrogen-bond acceptors (Lipinski definition) is 5. The van der Waals surface area contributed by atoms with Crippen molar-refractivity contribution >= 4 is 27.6 Å². The molecule has 0 atom stereocenters. The summed E-state index contributed by atoms with van der Waals surface area (Å²) in [5, 5.41) is 2.72. The standard InChI is InChI=1S/C11H12BrN5O/c1-6-3-7(13)4-8(12)9(6)17-5-15-10(14-2)16-11(17)18/h3-5H,13H2,1-2H3,(H,14,16,18). The molecule has 1 heterocycles. The van der Waals surface area contributed by atoms with Gasteiger partial charge in [0.2, 0.25) is 5.95 Å². The van der Waals surface area contributed by atoms with E-state index < -0.39 is 5.69 Å². The Morgan fingerprint density at radius 2 is 2.17 bits per heavy atom. The quantitative estimate of drug-likeness (QED) is 0.817. The van der Waals surface area contributed by atoms with E-state index in [0.29, 0.717) is 17.3 Å². The second-order valence-electron chi connectivity index (χ2n) is 3.75. The Morgan fingerprint density at radius 3 is 2.72 bits per heavy atom. The van der Waals surface area contributed by atoms with Crippen molar-refractivity contribution in [2.45, 2.75) is 6.92 Å². The zero-order valence-corrected chi connectivity index (χ0v) is 11.5. The highest BCUT2D eigenvalue weighted by atomic mass is 79.9. The van der Waals surface area contributed by atoms with Gasteiger partial charge in [0, 0.05) is 17.2 Å². The van der Waals surface area contributed by atoms with Crippen molar-refractivity contribution in [2.24, 2.45) is 0 Å². The second kappa shape index (κ2) is 4.77. The third-order valence-electron chi connectivity index (χ3n) is 2.44. The summed E-state index contributed by atoms with van der Waals surface area (Å²) in [7, 11) is 1.66. The number of nitrogens with zero attached hydrogens (tertiary/aromatic N) is 3.